The Morgan fingerprint density at radius 3 is 2.75 bits per heavy atom. The summed E-state index contributed by atoms with van der Waals surface area (Å²) in [6.07, 6.45) is 9.22. The van der Waals surface area contributed by atoms with Gasteiger partial charge in [-0.2, -0.15) is 0 Å². The van der Waals surface area contributed by atoms with Crippen LogP contribution in [0, 0.1) is 0 Å². The molecule has 1 saturated heterocycles. The number of aromatic nitrogens is 9. The van der Waals surface area contributed by atoms with Crippen LogP contribution in [-0.4, -0.2) is 68.4 Å². The number of amides is 1. The number of aryl methyl sites for hydroxylation is 1. The number of imidazole rings is 1. The molecule has 0 N–H and O–H groups in total. The summed E-state index contributed by atoms with van der Waals surface area (Å²) in [6, 6.07) is 0. The lowest BCUT2D eigenvalue weighted by molar-refractivity contribution is -0.132. The molecule has 11 nitrogen and oxygen atoms in total. The average Bonchev–Trinajstić information content (AvgIpc) is 3.48. The molecular weight excluding hydrogens is 360 g/mol. The summed E-state index contributed by atoms with van der Waals surface area (Å²) in [4.78, 5) is 18.5. The minimum Gasteiger partial charge on any atom is -0.343 e. The molecule has 0 aliphatic carbocycles. The van der Waals surface area contributed by atoms with Gasteiger partial charge in [0, 0.05) is 44.4 Å². The number of rotatable bonds is 7. The van der Waals surface area contributed by atoms with E-state index in [9.17, 15) is 4.79 Å². The van der Waals surface area contributed by atoms with Crippen molar-refractivity contribution in [3.8, 4) is 0 Å². The van der Waals surface area contributed by atoms with E-state index < -0.39 is 0 Å². The van der Waals surface area contributed by atoms with Crippen molar-refractivity contribution in [2.45, 2.75) is 51.7 Å². The van der Waals surface area contributed by atoms with E-state index in [0.29, 0.717) is 25.4 Å². The predicted octanol–water partition coefficient (Wildman–Crippen LogP) is 0.326. The van der Waals surface area contributed by atoms with E-state index in [1.165, 1.54) is 6.33 Å². The maximum Gasteiger partial charge on any atom is 0.224 e. The Labute approximate surface area is 162 Å². The van der Waals surface area contributed by atoms with Crippen LogP contribution in [-0.2, 0) is 24.4 Å². The molecule has 0 spiro atoms. The van der Waals surface area contributed by atoms with E-state index in [1.807, 2.05) is 15.7 Å². The van der Waals surface area contributed by atoms with Crippen LogP contribution in [0.5, 0.6) is 0 Å². The van der Waals surface area contributed by atoms with Gasteiger partial charge in [-0.1, -0.05) is 0 Å². The summed E-state index contributed by atoms with van der Waals surface area (Å²) in [5, 5.41) is 19.9. The third-order valence-electron chi connectivity index (χ3n) is 5.21. The second kappa shape index (κ2) is 8.28. The molecule has 0 atom stereocenters. The Balaban J connectivity index is 1.34. The second-order valence-electron chi connectivity index (χ2n) is 6.93. The van der Waals surface area contributed by atoms with E-state index in [1.54, 1.807) is 17.2 Å². The first kappa shape index (κ1) is 18.3. The van der Waals surface area contributed by atoms with E-state index in [0.717, 1.165) is 44.1 Å². The first-order valence-electron chi connectivity index (χ1n) is 9.61. The Morgan fingerprint density at radius 2 is 2.07 bits per heavy atom. The van der Waals surface area contributed by atoms with Crippen molar-refractivity contribution in [3.05, 3.63) is 36.7 Å². The summed E-state index contributed by atoms with van der Waals surface area (Å²) in [5.41, 5.74) is 0. The van der Waals surface area contributed by atoms with Crippen LogP contribution < -0.4 is 0 Å². The highest BCUT2D eigenvalue weighted by molar-refractivity contribution is 5.76. The van der Waals surface area contributed by atoms with Crippen molar-refractivity contribution < 1.29 is 4.79 Å². The van der Waals surface area contributed by atoms with Crippen LogP contribution in [0.15, 0.2) is 25.0 Å². The van der Waals surface area contributed by atoms with E-state index in [4.69, 9.17) is 0 Å². The van der Waals surface area contributed by atoms with Gasteiger partial charge in [0.25, 0.3) is 0 Å². The van der Waals surface area contributed by atoms with Gasteiger partial charge < -0.3 is 14.0 Å². The van der Waals surface area contributed by atoms with Crippen molar-refractivity contribution in [1.82, 2.24) is 49.4 Å². The number of piperidine rings is 1. The zero-order chi connectivity index (χ0) is 19.3. The highest BCUT2D eigenvalue weighted by Gasteiger charge is 2.27. The lowest BCUT2D eigenvalue weighted by Crippen LogP contribution is -2.38. The molecule has 0 radical (unpaired) electrons. The molecule has 3 aromatic heterocycles. The molecule has 148 valence electrons. The van der Waals surface area contributed by atoms with Crippen molar-refractivity contribution in [2.75, 3.05) is 13.1 Å². The van der Waals surface area contributed by atoms with Crippen molar-refractivity contribution in [2.24, 2.45) is 0 Å². The maximum atomic E-state index is 12.4. The van der Waals surface area contributed by atoms with Gasteiger partial charge in [-0.25, -0.2) is 9.67 Å². The molecule has 4 heterocycles. The van der Waals surface area contributed by atoms with Crippen molar-refractivity contribution in [1.29, 1.82) is 0 Å². The molecule has 1 aliphatic heterocycles. The lowest BCUT2D eigenvalue weighted by Gasteiger charge is -2.31. The average molecular weight is 384 g/mol. The molecule has 0 saturated carbocycles. The first-order valence-corrected chi connectivity index (χ1v) is 9.61. The normalized spacial score (nSPS) is 15.2. The Bertz CT molecular complexity index is 877. The van der Waals surface area contributed by atoms with Crippen LogP contribution in [0.1, 0.15) is 43.8 Å². The molecule has 0 unspecified atom stereocenters. The lowest BCUT2D eigenvalue weighted by atomic mass is 9.95. The summed E-state index contributed by atoms with van der Waals surface area (Å²) >= 11 is 0. The third-order valence-corrected chi connectivity index (χ3v) is 5.21. The topological polar surface area (TPSA) is 112 Å². The number of hydrogen-bond acceptors (Lipinski definition) is 7. The fraction of sp³-hybridized carbons (Fsp3) is 0.588. The zero-order valence-electron chi connectivity index (χ0n) is 15.9. The number of hydrogen-bond donors (Lipinski definition) is 0. The molecule has 1 aliphatic rings. The number of carbonyl (C=O) groups is 1. The summed E-state index contributed by atoms with van der Waals surface area (Å²) < 4.78 is 5.77. The van der Waals surface area contributed by atoms with Crippen LogP contribution in [0.4, 0.5) is 0 Å². The van der Waals surface area contributed by atoms with Gasteiger partial charge in [-0.05, 0) is 30.2 Å². The Morgan fingerprint density at radius 1 is 1.21 bits per heavy atom. The highest BCUT2D eigenvalue weighted by atomic mass is 16.2. The van der Waals surface area contributed by atoms with Gasteiger partial charge in [0.1, 0.15) is 12.2 Å². The van der Waals surface area contributed by atoms with Gasteiger partial charge in [-0.3, -0.25) is 4.79 Å². The Kier molecular flexibility index (Phi) is 5.40. The fourth-order valence-corrected chi connectivity index (χ4v) is 3.69. The van der Waals surface area contributed by atoms with Crippen LogP contribution in [0.25, 0.3) is 0 Å². The number of tetrazole rings is 1. The molecular formula is C17H24N10O. The SMILES string of the molecule is CCn1c(Cn2ccnc2)nnc1C1CCN(C(=O)CCn2cnnn2)CC1. The highest BCUT2D eigenvalue weighted by Crippen LogP contribution is 2.27. The summed E-state index contributed by atoms with van der Waals surface area (Å²) in [6.45, 7) is 5.60. The third kappa shape index (κ3) is 3.92. The van der Waals surface area contributed by atoms with Gasteiger partial charge in [-0.15, -0.1) is 15.3 Å². The van der Waals surface area contributed by atoms with Gasteiger partial charge >= 0.3 is 0 Å². The quantitative estimate of drug-likeness (QED) is 0.577. The van der Waals surface area contributed by atoms with Crippen LogP contribution in [0.3, 0.4) is 0 Å². The molecule has 0 aromatic carbocycles. The molecule has 3 aromatic rings. The van der Waals surface area contributed by atoms with E-state index >= 15 is 0 Å². The summed E-state index contributed by atoms with van der Waals surface area (Å²) in [7, 11) is 0. The molecule has 1 fully saturated rings. The van der Waals surface area contributed by atoms with Crippen molar-refractivity contribution >= 4 is 5.91 Å². The van der Waals surface area contributed by atoms with Crippen LogP contribution >= 0.6 is 0 Å². The van der Waals surface area contributed by atoms with Gasteiger partial charge in [0.15, 0.2) is 5.82 Å². The molecule has 0 bridgehead atoms. The molecule has 28 heavy (non-hydrogen) atoms. The van der Waals surface area contributed by atoms with E-state index in [2.05, 4.69) is 42.2 Å². The maximum absolute atomic E-state index is 12.4. The first-order chi connectivity index (χ1) is 13.7. The fourth-order valence-electron chi connectivity index (χ4n) is 3.69. The minimum atomic E-state index is 0.145. The molecule has 1 amide bonds. The monoisotopic (exact) mass is 384 g/mol. The van der Waals surface area contributed by atoms with Crippen LogP contribution in [0.2, 0.25) is 0 Å². The Hall–Kier alpha value is -3.11. The second-order valence-corrected chi connectivity index (χ2v) is 6.93. The predicted molar refractivity (Wildman–Crippen MR) is 98.0 cm³/mol. The van der Waals surface area contributed by atoms with Gasteiger partial charge in [0.2, 0.25) is 5.91 Å². The van der Waals surface area contributed by atoms with Crippen molar-refractivity contribution in [3.63, 3.8) is 0 Å². The largest absolute Gasteiger partial charge is 0.343 e. The number of carbonyl (C=O) groups excluding carboxylic acids is 1. The zero-order valence-corrected chi connectivity index (χ0v) is 15.9. The standard InChI is InChI=1S/C17H24N10O/c1-2-27-15(11-24-10-6-18-12-24)20-21-17(27)14-3-7-25(8-4-14)16(28)5-9-26-13-19-22-23-26/h6,10,12-14H,2-5,7-9,11H2,1H3. The number of likely N-dealkylation sites (tertiary alicyclic amines) is 1. The minimum absolute atomic E-state index is 0.145. The van der Waals surface area contributed by atoms with Gasteiger partial charge in [0.05, 0.1) is 19.4 Å². The molecule has 4 rings (SSSR count). The molecule has 11 heteroatoms. The summed E-state index contributed by atoms with van der Waals surface area (Å²) in [5.74, 6) is 2.44. The van der Waals surface area contributed by atoms with E-state index in [-0.39, 0.29) is 5.91 Å². The smallest absolute Gasteiger partial charge is 0.224 e. The number of nitrogens with zero attached hydrogens (tertiary/aromatic N) is 10.